The van der Waals surface area contributed by atoms with Crippen LogP contribution >= 0.6 is 0 Å². The van der Waals surface area contributed by atoms with Crippen molar-refractivity contribution in [1.29, 1.82) is 0 Å². The largest absolute Gasteiger partial charge is 0.439 e. The molecule has 4 heterocycles. The maximum atomic E-state index is 13.7. The number of nitrogens with one attached hydrogen (secondary N) is 1. The van der Waals surface area contributed by atoms with Gasteiger partial charge in [-0.3, -0.25) is 9.78 Å². The van der Waals surface area contributed by atoms with Crippen molar-refractivity contribution < 1.29 is 22.7 Å². The van der Waals surface area contributed by atoms with Gasteiger partial charge in [0.05, 0.1) is 23.1 Å². The van der Waals surface area contributed by atoms with E-state index in [1.807, 2.05) is 18.2 Å². The van der Waals surface area contributed by atoms with E-state index in [4.69, 9.17) is 4.74 Å². The first kappa shape index (κ1) is 23.7. The molecule has 11 heteroatoms. The zero-order valence-corrected chi connectivity index (χ0v) is 18.9. The van der Waals surface area contributed by atoms with Gasteiger partial charge >= 0.3 is 6.18 Å². The number of carbonyl (C=O) groups is 1. The number of aromatic nitrogens is 5. The van der Waals surface area contributed by atoms with Gasteiger partial charge in [-0.2, -0.15) is 18.3 Å². The third-order valence-electron chi connectivity index (χ3n) is 5.14. The molecule has 5 aromatic rings. The Balaban J connectivity index is 1.31. The molecular weight excluding hydrogens is 485 g/mol. The molecule has 1 amide bonds. The standard InChI is InChI=1S/C26H17F3N6O2/c27-26(28,29)22-13-21(17-5-4-12-30-14-17)34-35(22)23-10-9-19(16-31-23)33-25(36)18-8-11-24(32-15-18)37-20-6-2-1-3-7-20/h1-16H,(H,33,36). The van der Waals surface area contributed by atoms with E-state index < -0.39 is 17.8 Å². The fourth-order valence-electron chi connectivity index (χ4n) is 3.39. The highest BCUT2D eigenvalue weighted by molar-refractivity contribution is 6.04. The van der Waals surface area contributed by atoms with Crippen LogP contribution in [0.3, 0.4) is 0 Å². The Hall–Kier alpha value is -5.06. The number of nitrogens with zero attached hydrogens (tertiary/aromatic N) is 5. The number of amides is 1. The number of para-hydroxylation sites is 1. The summed E-state index contributed by atoms with van der Waals surface area (Å²) in [6.45, 7) is 0. The highest BCUT2D eigenvalue weighted by Crippen LogP contribution is 2.33. The summed E-state index contributed by atoms with van der Waals surface area (Å²) in [4.78, 5) is 24.7. The minimum Gasteiger partial charge on any atom is -0.439 e. The molecule has 4 aromatic heterocycles. The SMILES string of the molecule is O=C(Nc1ccc(-n2nc(-c3cccnc3)cc2C(F)(F)F)nc1)c1ccc(Oc2ccccc2)nc1. The summed E-state index contributed by atoms with van der Waals surface area (Å²) in [7, 11) is 0. The Morgan fingerprint density at radius 2 is 1.73 bits per heavy atom. The minimum atomic E-state index is -4.66. The van der Waals surface area contributed by atoms with Crippen LogP contribution in [0.4, 0.5) is 18.9 Å². The molecule has 0 saturated heterocycles. The monoisotopic (exact) mass is 502 g/mol. The number of hydrogen-bond donors (Lipinski definition) is 1. The molecule has 8 nitrogen and oxygen atoms in total. The topological polar surface area (TPSA) is 94.8 Å². The molecule has 184 valence electrons. The van der Waals surface area contributed by atoms with Crippen molar-refractivity contribution in [3.8, 4) is 28.7 Å². The number of halogens is 3. The van der Waals surface area contributed by atoms with Crippen molar-refractivity contribution in [2.45, 2.75) is 6.18 Å². The van der Waals surface area contributed by atoms with Gasteiger partial charge in [0.2, 0.25) is 5.88 Å². The van der Waals surface area contributed by atoms with E-state index in [-0.39, 0.29) is 22.8 Å². The number of ether oxygens (including phenoxy) is 1. The van der Waals surface area contributed by atoms with Crippen LogP contribution in [0.15, 0.2) is 97.6 Å². The molecule has 0 spiro atoms. The summed E-state index contributed by atoms with van der Waals surface area (Å²) in [6, 6.07) is 19.1. The van der Waals surface area contributed by atoms with Gasteiger partial charge in [-0.25, -0.2) is 14.6 Å². The molecule has 0 bridgehead atoms. The van der Waals surface area contributed by atoms with E-state index >= 15 is 0 Å². The Bertz CT molecular complexity index is 1500. The molecule has 0 aliphatic heterocycles. The molecule has 37 heavy (non-hydrogen) atoms. The Kier molecular flexibility index (Phi) is 6.33. The van der Waals surface area contributed by atoms with Crippen LogP contribution in [-0.2, 0) is 6.18 Å². The highest BCUT2D eigenvalue weighted by atomic mass is 19.4. The van der Waals surface area contributed by atoms with Crippen LogP contribution < -0.4 is 10.1 Å². The summed E-state index contributed by atoms with van der Waals surface area (Å²) in [5.41, 5.74) is 0.0966. The lowest BCUT2D eigenvalue weighted by atomic mass is 10.2. The van der Waals surface area contributed by atoms with Gasteiger partial charge in [0.1, 0.15) is 5.75 Å². The molecule has 1 N–H and O–H groups in total. The third kappa shape index (κ3) is 5.45. The maximum Gasteiger partial charge on any atom is 0.433 e. The zero-order valence-electron chi connectivity index (χ0n) is 18.9. The normalized spacial score (nSPS) is 11.2. The van der Waals surface area contributed by atoms with Gasteiger partial charge < -0.3 is 10.1 Å². The van der Waals surface area contributed by atoms with Crippen molar-refractivity contribution in [2.24, 2.45) is 0 Å². The molecule has 0 radical (unpaired) electrons. The summed E-state index contributed by atoms with van der Waals surface area (Å²) in [6.07, 6.45) is 0.885. The lowest BCUT2D eigenvalue weighted by Gasteiger charge is -2.10. The third-order valence-corrected chi connectivity index (χ3v) is 5.14. The van der Waals surface area contributed by atoms with Crippen molar-refractivity contribution in [2.75, 3.05) is 5.32 Å². The number of anilines is 1. The van der Waals surface area contributed by atoms with Gasteiger partial charge in [0.25, 0.3) is 5.91 Å². The Labute approximate surface area is 208 Å². The Morgan fingerprint density at radius 3 is 2.38 bits per heavy atom. The van der Waals surface area contributed by atoms with Crippen LogP contribution in [-0.4, -0.2) is 30.6 Å². The fourth-order valence-corrected chi connectivity index (χ4v) is 3.39. The average Bonchev–Trinajstić information content (AvgIpc) is 3.37. The molecular formula is C26H17F3N6O2. The first-order valence-corrected chi connectivity index (χ1v) is 10.9. The van der Waals surface area contributed by atoms with Crippen LogP contribution in [0.5, 0.6) is 11.6 Å². The second-order valence-corrected chi connectivity index (χ2v) is 7.73. The van der Waals surface area contributed by atoms with Crippen LogP contribution in [0, 0.1) is 0 Å². The smallest absolute Gasteiger partial charge is 0.433 e. The number of pyridine rings is 3. The molecule has 0 unspecified atom stereocenters. The summed E-state index contributed by atoms with van der Waals surface area (Å²) in [5, 5.41) is 6.72. The van der Waals surface area contributed by atoms with Crippen LogP contribution in [0.25, 0.3) is 17.1 Å². The molecule has 0 saturated carbocycles. The fraction of sp³-hybridized carbons (Fsp3) is 0.0385. The number of rotatable bonds is 6. The quantitative estimate of drug-likeness (QED) is 0.316. The molecule has 0 aliphatic rings. The second-order valence-electron chi connectivity index (χ2n) is 7.73. The number of carbonyl (C=O) groups excluding carboxylic acids is 1. The zero-order chi connectivity index (χ0) is 25.8. The highest BCUT2D eigenvalue weighted by Gasteiger charge is 2.36. The van der Waals surface area contributed by atoms with Gasteiger partial charge in [-0.15, -0.1) is 0 Å². The van der Waals surface area contributed by atoms with Crippen LogP contribution in [0.1, 0.15) is 16.1 Å². The molecule has 0 fully saturated rings. The second kappa shape index (κ2) is 9.90. The number of hydrogen-bond acceptors (Lipinski definition) is 6. The van der Waals surface area contributed by atoms with Gasteiger partial charge in [0.15, 0.2) is 11.5 Å². The van der Waals surface area contributed by atoms with Gasteiger partial charge in [-0.05, 0) is 48.5 Å². The predicted octanol–water partition coefficient (Wildman–Crippen LogP) is 5.79. The van der Waals surface area contributed by atoms with Gasteiger partial charge in [0, 0.05) is 30.2 Å². The number of benzene rings is 1. The van der Waals surface area contributed by atoms with Crippen LogP contribution in [0.2, 0.25) is 0 Å². The van der Waals surface area contributed by atoms with Crippen molar-refractivity contribution in [1.82, 2.24) is 24.7 Å². The van der Waals surface area contributed by atoms with E-state index in [2.05, 4.69) is 25.4 Å². The molecule has 1 aromatic carbocycles. The maximum absolute atomic E-state index is 13.7. The minimum absolute atomic E-state index is 0.0652. The lowest BCUT2D eigenvalue weighted by molar-refractivity contribution is -0.142. The average molecular weight is 502 g/mol. The van der Waals surface area contributed by atoms with Crippen molar-refractivity contribution in [3.05, 3.63) is 109 Å². The molecule has 0 aliphatic carbocycles. The van der Waals surface area contributed by atoms with Crippen molar-refractivity contribution in [3.63, 3.8) is 0 Å². The van der Waals surface area contributed by atoms with E-state index in [1.165, 1.54) is 36.9 Å². The van der Waals surface area contributed by atoms with Gasteiger partial charge in [-0.1, -0.05) is 18.2 Å². The lowest BCUT2D eigenvalue weighted by Crippen LogP contribution is -2.15. The predicted molar refractivity (Wildman–Crippen MR) is 128 cm³/mol. The molecule has 0 atom stereocenters. The summed E-state index contributed by atoms with van der Waals surface area (Å²) < 4.78 is 47.3. The summed E-state index contributed by atoms with van der Waals surface area (Å²) >= 11 is 0. The molecule has 5 rings (SSSR count). The first-order chi connectivity index (χ1) is 17.9. The van der Waals surface area contributed by atoms with E-state index in [0.29, 0.717) is 21.9 Å². The van der Waals surface area contributed by atoms with E-state index in [9.17, 15) is 18.0 Å². The van der Waals surface area contributed by atoms with Crippen molar-refractivity contribution >= 4 is 11.6 Å². The number of alkyl halides is 3. The summed E-state index contributed by atoms with van der Waals surface area (Å²) in [5.74, 6) is 0.391. The Morgan fingerprint density at radius 1 is 0.892 bits per heavy atom. The van der Waals surface area contributed by atoms with E-state index in [1.54, 1.807) is 36.4 Å². The van der Waals surface area contributed by atoms with E-state index in [0.717, 1.165) is 6.07 Å². The first-order valence-electron chi connectivity index (χ1n) is 10.9.